The molecule has 4 rings (SSSR count). The molecular weight excluding hydrogens is 450 g/mol. The van der Waals surface area contributed by atoms with Gasteiger partial charge >= 0.3 is 0 Å². The maximum Gasteiger partial charge on any atom is 0.254 e. The van der Waals surface area contributed by atoms with Crippen LogP contribution in [0.5, 0.6) is 0 Å². The quantitative estimate of drug-likeness (QED) is 0.598. The lowest BCUT2D eigenvalue weighted by molar-refractivity contribution is -0.125. The predicted molar refractivity (Wildman–Crippen MR) is 118 cm³/mol. The number of carbonyl (C=O) groups excluding carboxylic acids is 2. The van der Waals surface area contributed by atoms with Crippen molar-refractivity contribution >= 4 is 39.1 Å². The number of benzene rings is 2. The Bertz CT molecular complexity index is 1020. The molecule has 1 atom stereocenters. The zero-order chi connectivity index (χ0) is 20.2. The molecule has 1 unspecified atom stereocenters. The van der Waals surface area contributed by atoms with E-state index in [0.717, 1.165) is 27.2 Å². The number of amides is 2. The molecule has 0 saturated carbocycles. The fourth-order valence-electron chi connectivity index (χ4n) is 3.47. The van der Waals surface area contributed by atoms with Crippen LogP contribution in [0.1, 0.15) is 28.9 Å². The minimum atomic E-state index is -0.436. The Balaban J connectivity index is 1.39. The molecule has 2 amide bonds. The van der Waals surface area contributed by atoms with Gasteiger partial charge in [0.25, 0.3) is 5.91 Å². The van der Waals surface area contributed by atoms with Gasteiger partial charge in [-0.15, -0.1) is 11.3 Å². The standard InChI is InChI=1S/C22H20BrN3O2S/c23-17-9-4-8-16(12-17)22(28)26-11-5-10-19(26)20(27)24-13-18-14-29-21(25-18)15-6-2-1-3-7-15/h1-4,6-9,12,14,19H,5,10-11,13H2,(H,24,27). The van der Waals surface area contributed by atoms with Crippen LogP contribution in [-0.4, -0.2) is 34.3 Å². The van der Waals surface area contributed by atoms with E-state index < -0.39 is 6.04 Å². The molecule has 5 nitrogen and oxygen atoms in total. The van der Waals surface area contributed by atoms with Crippen molar-refractivity contribution in [1.82, 2.24) is 15.2 Å². The molecule has 2 aromatic carbocycles. The van der Waals surface area contributed by atoms with E-state index in [1.807, 2.05) is 47.8 Å². The second kappa shape index (κ2) is 8.88. The van der Waals surface area contributed by atoms with E-state index in [1.54, 1.807) is 28.4 Å². The van der Waals surface area contributed by atoms with Gasteiger partial charge in [0.2, 0.25) is 5.91 Å². The largest absolute Gasteiger partial charge is 0.349 e. The number of thiazole rings is 1. The van der Waals surface area contributed by atoms with Gasteiger partial charge in [-0.05, 0) is 31.0 Å². The Morgan fingerprint density at radius 2 is 2.00 bits per heavy atom. The monoisotopic (exact) mass is 469 g/mol. The molecular formula is C22H20BrN3O2S. The van der Waals surface area contributed by atoms with Gasteiger partial charge in [0.1, 0.15) is 11.0 Å². The molecule has 0 radical (unpaired) electrons. The van der Waals surface area contributed by atoms with Gasteiger partial charge in [-0.3, -0.25) is 9.59 Å². The van der Waals surface area contributed by atoms with Crippen LogP contribution >= 0.6 is 27.3 Å². The summed E-state index contributed by atoms with van der Waals surface area (Å²) in [6.07, 6.45) is 1.50. The third-order valence-electron chi connectivity index (χ3n) is 4.90. The highest BCUT2D eigenvalue weighted by molar-refractivity contribution is 9.10. The fraction of sp³-hybridized carbons (Fsp3) is 0.227. The molecule has 0 spiro atoms. The Labute approximate surface area is 181 Å². The van der Waals surface area contributed by atoms with E-state index in [4.69, 9.17) is 0 Å². The number of aromatic nitrogens is 1. The molecule has 3 aromatic rings. The van der Waals surface area contributed by atoms with Crippen LogP contribution in [0.3, 0.4) is 0 Å². The number of carbonyl (C=O) groups is 2. The molecule has 2 heterocycles. The van der Waals surface area contributed by atoms with Gasteiger partial charge < -0.3 is 10.2 Å². The van der Waals surface area contributed by atoms with Crippen molar-refractivity contribution in [1.29, 1.82) is 0 Å². The number of hydrogen-bond acceptors (Lipinski definition) is 4. The maximum absolute atomic E-state index is 12.9. The van der Waals surface area contributed by atoms with Crippen LogP contribution in [0.4, 0.5) is 0 Å². The molecule has 1 fully saturated rings. The minimum Gasteiger partial charge on any atom is -0.349 e. The lowest BCUT2D eigenvalue weighted by Crippen LogP contribution is -2.45. The summed E-state index contributed by atoms with van der Waals surface area (Å²) in [5, 5.41) is 5.85. The van der Waals surface area contributed by atoms with Gasteiger partial charge in [-0.1, -0.05) is 52.3 Å². The lowest BCUT2D eigenvalue weighted by atomic mass is 10.1. The van der Waals surface area contributed by atoms with Crippen LogP contribution in [0.25, 0.3) is 10.6 Å². The van der Waals surface area contributed by atoms with Gasteiger partial charge in [-0.25, -0.2) is 4.98 Å². The highest BCUT2D eigenvalue weighted by atomic mass is 79.9. The van der Waals surface area contributed by atoms with Crippen LogP contribution in [0.2, 0.25) is 0 Å². The van der Waals surface area contributed by atoms with Crippen molar-refractivity contribution in [3.8, 4) is 10.6 Å². The Kier molecular flexibility index (Phi) is 6.06. The van der Waals surface area contributed by atoms with E-state index in [9.17, 15) is 9.59 Å². The number of nitrogens with zero attached hydrogens (tertiary/aromatic N) is 2. The van der Waals surface area contributed by atoms with Crippen molar-refractivity contribution in [2.75, 3.05) is 6.54 Å². The summed E-state index contributed by atoms with van der Waals surface area (Å²) in [5.41, 5.74) is 2.48. The second-order valence-electron chi connectivity index (χ2n) is 6.89. The minimum absolute atomic E-state index is 0.107. The van der Waals surface area contributed by atoms with Crippen molar-refractivity contribution < 1.29 is 9.59 Å². The van der Waals surface area contributed by atoms with E-state index in [0.29, 0.717) is 25.1 Å². The molecule has 1 aromatic heterocycles. The zero-order valence-electron chi connectivity index (χ0n) is 15.7. The van der Waals surface area contributed by atoms with E-state index in [2.05, 4.69) is 26.2 Å². The zero-order valence-corrected chi connectivity index (χ0v) is 18.1. The predicted octanol–water partition coefficient (Wildman–Crippen LogP) is 4.49. The third-order valence-corrected chi connectivity index (χ3v) is 6.34. The first-order valence-electron chi connectivity index (χ1n) is 9.46. The van der Waals surface area contributed by atoms with Crippen molar-refractivity contribution in [2.24, 2.45) is 0 Å². The number of rotatable bonds is 5. The van der Waals surface area contributed by atoms with Crippen LogP contribution in [-0.2, 0) is 11.3 Å². The van der Waals surface area contributed by atoms with Crippen LogP contribution in [0, 0.1) is 0 Å². The van der Waals surface area contributed by atoms with Crippen molar-refractivity contribution in [2.45, 2.75) is 25.4 Å². The Morgan fingerprint density at radius 3 is 2.79 bits per heavy atom. The van der Waals surface area contributed by atoms with E-state index in [1.165, 1.54) is 0 Å². The summed E-state index contributed by atoms with van der Waals surface area (Å²) >= 11 is 4.96. The topological polar surface area (TPSA) is 62.3 Å². The van der Waals surface area contributed by atoms with Crippen LogP contribution < -0.4 is 5.32 Å². The van der Waals surface area contributed by atoms with Crippen molar-refractivity contribution in [3.05, 3.63) is 75.7 Å². The molecule has 1 saturated heterocycles. The third kappa shape index (κ3) is 4.57. The molecule has 0 aliphatic carbocycles. The Morgan fingerprint density at radius 1 is 1.17 bits per heavy atom. The van der Waals surface area contributed by atoms with E-state index >= 15 is 0 Å². The summed E-state index contributed by atoms with van der Waals surface area (Å²) in [5.74, 6) is -0.232. The fourth-order valence-corrected chi connectivity index (χ4v) is 4.69. The summed E-state index contributed by atoms with van der Waals surface area (Å²) < 4.78 is 0.848. The van der Waals surface area contributed by atoms with E-state index in [-0.39, 0.29) is 11.8 Å². The van der Waals surface area contributed by atoms with Gasteiger partial charge in [0.05, 0.1) is 12.2 Å². The van der Waals surface area contributed by atoms with Gasteiger partial charge in [0.15, 0.2) is 0 Å². The molecule has 0 bridgehead atoms. The highest BCUT2D eigenvalue weighted by Gasteiger charge is 2.34. The molecule has 148 valence electrons. The average molecular weight is 470 g/mol. The number of nitrogens with one attached hydrogen (secondary N) is 1. The second-order valence-corrected chi connectivity index (χ2v) is 8.67. The number of halogens is 1. The number of hydrogen-bond donors (Lipinski definition) is 1. The molecule has 1 aliphatic heterocycles. The number of likely N-dealkylation sites (tertiary alicyclic amines) is 1. The van der Waals surface area contributed by atoms with Gasteiger partial charge in [-0.2, -0.15) is 0 Å². The van der Waals surface area contributed by atoms with Gasteiger partial charge in [0, 0.05) is 27.5 Å². The maximum atomic E-state index is 12.9. The summed E-state index contributed by atoms with van der Waals surface area (Å²) in [4.78, 5) is 31.9. The summed E-state index contributed by atoms with van der Waals surface area (Å²) in [7, 11) is 0. The molecule has 7 heteroatoms. The lowest BCUT2D eigenvalue weighted by Gasteiger charge is -2.24. The molecule has 1 aliphatic rings. The highest BCUT2D eigenvalue weighted by Crippen LogP contribution is 2.24. The Hall–Kier alpha value is -2.51. The smallest absolute Gasteiger partial charge is 0.254 e. The average Bonchev–Trinajstić information content (AvgIpc) is 3.42. The molecule has 1 N–H and O–H groups in total. The first-order chi connectivity index (χ1) is 14.1. The summed E-state index contributed by atoms with van der Waals surface area (Å²) in [6.45, 7) is 0.954. The first-order valence-corrected chi connectivity index (χ1v) is 11.1. The normalized spacial score (nSPS) is 16.0. The molecule has 29 heavy (non-hydrogen) atoms. The van der Waals surface area contributed by atoms with Crippen LogP contribution in [0.15, 0.2) is 64.5 Å². The van der Waals surface area contributed by atoms with Crippen molar-refractivity contribution in [3.63, 3.8) is 0 Å². The SMILES string of the molecule is O=C(NCc1csc(-c2ccccc2)n1)C1CCCN1C(=O)c1cccc(Br)c1. The summed E-state index contributed by atoms with van der Waals surface area (Å²) in [6, 6.07) is 16.8. The first kappa shape index (κ1) is 19.8.